The number of ether oxygens (including phenoxy) is 2. The van der Waals surface area contributed by atoms with Gasteiger partial charge in [-0.05, 0) is 37.2 Å². The third-order valence-electron chi connectivity index (χ3n) is 6.79. The monoisotopic (exact) mass is 544 g/mol. The quantitative estimate of drug-likeness (QED) is 0.283. The van der Waals surface area contributed by atoms with Gasteiger partial charge in [0.2, 0.25) is 0 Å². The van der Waals surface area contributed by atoms with E-state index in [2.05, 4.69) is 11.8 Å². The van der Waals surface area contributed by atoms with Crippen molar-refractivity contribution >= 4 is 35.5 Å². The number of cyclic esters (lactones) is 2. The van der Waals surface area contributed by atoms with E-state index in [1.165, 1.54) is 114 Å². The predicted molar refractivity (Wildman–Crippen MR) is 158 cm³/mol. The van der Waals surface area contributed by atoms with Gasteiger partial charge in [-0.25, -0.2) is 0 Å². The summed E-state index contributed by atoms with van der Waals surface area (Å²) in [6.45, 7) is 1.10. The molecule has 0 aromatic carbocycles. The van der Waals surface area contributed by atoms with Gasteiger partial charge in [0.15, 0.2) is 0 Å². The first-order valence-electron chi connectivity index (χ1n) is 15.3. The topological polar surface area (TPSA) is 52.6 Å². The number of carbonyl (C=O) groups excluding carboxylic acids is 2. The van der Waals surface area contributed by atoms with Crippen LogP contribution in [0.25, 0.3) is 0 Å². The molecule has 1 heterocycles. The van der Waals surface area contributed by atoms with E-state index in [0.717, 1.165) is 25.7 Å². The molecule has 0 spiro atoms. The van der Waals surface area contributed by atoms with Gasteiger partial charge in [0.05, 0.1) is 26.1 Å². The number of esters is 2. The SMILES string of the molecule is O=C1CCSCCC(=O)OCCCCCCCCCCCCSCCCCCCCCCCCCO1. The number of rotatable bonds is 0. The number of hydrogen-bond donors (Lipinski definition) is 0. The van der Waals surface area contributed by atoms with Crippen molar-refractivity contribution in [2.75, 3.05) is 36.2 Å². The smallest absolute Gasteiger partial charge is 0.306 e. The van der Waals surface area contributed by atoms with Crippen LogP contribution in [0.3, 0.4) is 0 Å². The van der Waals surface area contributed by atoms with Crippen LogP contribution < -0.4 is 0 Å². The lowest BCUT2D eigenvalue weighted by molar-refractivity contribution is -0.144. The van der Waals surface area contributed by atoms with E-state index >= 15 is 0 Å². The van der Waals surface area contributed by atoms with Crippen molar-refractivity contribution < 1.29 is 19.1 Å². The zero-order valence-corrected chi connectivity index (χ0v) is 24.9. The number of thioether (sulfide) groups is 2. The summed E-state index contributed by atoms with van der Waals surface area (Å²) in [6.07, 6.45) is 26.9. The fourth-order valence-electron chi connectivity index (χ4n) is 4.47. The van der Waals surface area contributed by atoms with E-state index in [4.69, 9.17) is 9.47 Å². The van der Waals surface area contributed by atoms with E-state index in [1.807, 2.05) is 0 Å². The summed E-state index contributed by atoms with van der Waals surface area (Å²) in [5.74, 6) is 3.91. The molecule has 4 nitrogen and oxygen atoms in total. The Balaban J connectivity index is 2.11. The summed E-state index contributed by atoms with van der Waals surface area (Å²) in [6, 6.07) is 0. The molecule has 1 saturated heterocycles. The second kappa shape index (κ2) is 27.7. The lowest BCUT2D eigenvalue weighted by Gasteiger charge is -2.07. The maximum Gasteiger partial charge on any atom is 0.306 e. The molecule has 0 aliphatic carbocycles. The molecule has 0 atom stereocenters. The van der Waals surface area contributed by atoms with Crippen LogP contribution in [-0.4, -0.2) is 48.2 Å². The zero-order chi connectivity index (χ0) is 25.8. The average Bonchev–Trinajstić information content (AvgIpc) is 2.87. The highest BCUT2D eigenvalue weighted by Crippen LogP contribution is 2.15. The molecule has 1 aliphatic heterocycles. The predicted octanol–water partition coefficient (Wildman–Crippen LogP) is 9.14. The lowest BCUT2D eigenvalue weighted by atomic mass is 10.1. The highest BCUT2D eigenvalue weighted by molar-refractivity contribution is 7.99. The molecule has 6 heteroatoms. The molecule has 1 aliphatic rings. The summed E-state index contributed by atoms with van der Waals surface area (Å²) in [4.78, 5) is 23.7. The van der Waals surface area contributed by atoms with Crippen LogP contribution >= 0.6 is 23.5 Å². The zero-order valence-electron chi connectivity index (χ0n) is 23.2. The van der Waals surface area contributed by atoms with Crippen LogP contribution in [0.15, 0.2) is 0 Å². The Hall–Kier alpha value is -0.360. The van der Waals surface area contributed by atoms with Gasteiger partial charge in [-0.2, -0.15) is 23.5 Å². The van der Waals surface area contributed by atoms with Gasteiger partial charge in [0.25, 0.3) is 0 Å². The maximum absolute atomic E-state index is 11.8. The summed E-state index contributed by atoms with van der Waals surface area (Å²) in [5, 5.41) is 0. The van der Waals surface area contributed by atoms with E-state index in [-0.39, 0.29) is 11.9 Å². The largest absolute Gasteiger partial charge is 0.466 e. The lowest BCUT2D eigenvalue weighted by Crippen LogP contribution is -2.09. The first-order chi connectivity index (χ1) is 17.8. The van der Waals surface area contributed by atoms with E-state index < -0.39 is 0 Å². The molecule has 212 valence electrons. The molecule has 0 unspecified atom stereocenters. The first kappa shape index (κ1) is 33.7. The average molecular weight is 545 g/mol. The standard InChI is InChI=1S/C30H56O4S2/c31-29-21-27-36-28-22-30(32)34-24-18-14-10-6-2-4-8-12-16-20-26-35-25-19-15-11-7-3-1-5-9-13-17-23-33-29/h1-28H2. The minimum absolute atomic E-state index is 0.111. The van der Waals surface area contributed by atoms with Crippen molar-refractivity contribution in [2.45, 2.75) is 141 Å². The van der Waals surface area contributed by atoms with Crippen molar-refractivity contribution in [1.82, 2.24) is 0 Å². The third kappa shape index (κ3) is 25.3. The molecular weight excluding hydrogens is 488 g/mol. The van der Waals surface area contributed by atoms with Crippen molar-refractivity contribution in [3.63, 3.8) is 0 Å². The van der Waals surface area contributed by atoms with Crippen LogP contribution in [0.4, 0.5) is 0 Å². The Kier molecular flexibility index (Phi) is 25.9. The van der Waals surface area contributed by atoms with Crippen molar-refractivity contribution in [1.29, 1.82) is 0 Å². The molecular formula is C30H56O4S2. The fourth-order valence-corrected chi connectivity index (χ4v) is 6.32. The molecule has 0 bridgehead atoms. The fraction of sp³-hybridized carbons (Fsp3) is 0.933. The molecule has 0 radical (unpaired) electrons. The van der Waals surface area contributed by atoms with Gasteiger partial charge in [-0.15, -0.1) is 0 Å². The van der Waals surface area contributed by atoms with Gasteiger partial charge in [-0.1, -0.05) is 103 Å². The van der Waals surface area contributed by atoms with Crippen LogP contribution in [0.5, 0.6) is 0 Å². The number of carbonyl (C=O) groups is 2. The van der Waals surface area contributed by atoms with Crippen molar-refractivity contribution in [3.05, 3.63) is 0 Å². The van der Waals surface area contributed by atoms with Crippen LogP contribution in [0, 0.1) is 0 Å². The van der Waals surface area contributed by atoms with Crippen LogP contribution in [-0.2, 0) is 19.1 Å². The Morgan fingerprint density at radius 1 is 0.361 bits per heavy atom. The maximum atomic E-state index is 11.8. The highest BCUT2D eigenvalue weighted by Gasteiger charge is 2.06. The van der Waals surface area contributed by atoms with Gasteiger partial charge in [0, 0.05) is 11.5 Å². The van der Waals surface area contributed by atoms with Crippen LogP contribution in [0.1, 0.15) is 141 Å². The van der Waals surface area contributed by atoms with Crippen molar-refractivity contribution in [2.24, 2.45) is 0 Å². The molecule has 0 amide bonds. The van der Waals surface area contributed by atoms with Crippen molar-refractivity contribution in [3.8, 4) is 0 Å². The van der Waals surface area contributed by atoms with Gasteiger partial charge < -0.3 is 9.47 Å². The molecule has 0 aromatic rings. The van der Waals surface area contributed by atoms with Gasteiger partial charge >= 0.3 is 11.9 Å². The summed E-state index contributed by atoms with van der Waals surface area (Å²) in [7, 11) is 0. The normalized spacial score (nSPS) is 23.0. The molecule has 0 aromatic heterocycles. The van der Waals surface area contributed by atoms with E-state index in [0.29, 0.717) is 37.6 Å². The van der Waals surface area contributed by atoms with E-state index in [1.54, 1.807) is 11.8 Å². The minimum atomic E-state index is -0.111. The Labute approximate surface area is 231 Å². The highest BCUT2D eigenvalue weighted by atomic mass is 32.2. The van der Waals surface area contributed by atoms with E-state index in [9.17, 15) is 9.59 Å². The van der Waals surface area contributed by atoms with Crippen LogP contribution in [0.2, 0.25) is 0 Å². The molecule has 1 rings (SSSR count). The minimum Gasteiger partial charge on any atom is -0.466 e. The molecule has 36 heavy (non-hydrogen) atoms. The second-order valence-corrected chi connectivity index (χ2v) is 12.7. The summed E-state index contributed by atoms with van der Waals surface area (Å²) < 4.78 is 10.7. The summed E-state index contributed by atoms with van der Waals surface area (Å²) in [5.41, 5.74) is 0. The molecule has 0 saturated carbocycles. The third-order valence-corrected chi connectivity index (χ3v) is 8.93. The summed E-state index contributed by atoms with van der Waals surface area (Å²) >= 11 is 3.79. The Bertz CT molecular complexity index is 459. The van der Waals surface area contributed by atoms with Gasteiger partial charge in [-0.3, -0.25) is 9.59 Å². The molecule has 0 N–H and O–H groups in total. The Morgan fingerprint density at radius 3 is 1.00 bits per heavy atom. The second-order valence-electron chi connectivity index (χ2n) is 10.2. The van der Waals surface area contributed by atoms with Gasteiger partial charge in [0.1, 0.15) is 0 Å². The molecule has 1 fully saturated rings. The Morgan fingerprint density at radius 2 is 0.639 bits per heavy atom. The number of hydrogen-bond acceptors (Lipinski definition) is 6. The first-order valence-corrected chi connectivity index (χ1v) is 17.6.